The molecule has 1 aliphatic carbocycles. The lowest BCUT2D eigenvalue weighted by molar-refractivity contribution is -0.124. The van der Waals surface area contributed by atoms with Crippen molar-refractivity contribution in [1.29, 1.82) is 0 Å². The molecule has 0 spiro atoms. The van der Waals surface area contributed by atoms with Crippen LogP contribution in [0, 0.1) is 5.92 Å². The second kappa shape index (κ2) is 4.47. The molecular formula is C13H15NO2. The first-order chi connectivity index (χ1) is 7.68. The summed E-state index contributed by atoms with van der Waals surface area (Å²) in [5.41, 5.74) is 0.650. The van der Waals surface area contributed by atoms with Crippen molar-refractivity contribution in [2.24, 2.45) is 5.92 Å². The summed E-state index contributed by atoms with van der Waals surface area (Å²) in [4.78, 5) is 23.0. The summed E-state index contributed by atoms with van der Waals surface area (Å²) in [6.45, 7) is 1.59. The lowest BCUT2D eigenvalue weighted by atomic mass is 9.77. The molecule has 1 aromatic carbocycles. The molecule has 1 amide bonds. The lowest BCUT2D eigenvalue weighted by Crippen LogP contribution is -2.49. The van der Waals surface area contributed by atoms with E-state index in [9.17, 15) is 9.59 Å². The zero-order valence-electron chi connectivity index (χ0n) is 9.27. The Balaban J connectivity index is 1.96. The molecule has 0 heterocycles. The van der Waals surface area contributed by atoms with Gasteiger partial charge in [0.2, 0.25) is 0 Å². The smallest absolute Gasteiger partial charge is 0.251 e. The average molecular weight is 217 g/mol. The van der Waals surface area contributed by atoms with Crippen LogP contribution >= 0.6 is 0 Å². The molecule has 0 bridgehead atoms. The molecule has 1 aliphatic rings. The van der Waals surface area contributed by atoms with Crippen LogP contribution in [0.5, 0.6) is 0 Å². The second-order valence-corrected chi connectivity index (χ2v) is 4.24. The zero-order chi connectivity index (χ0) is 11.5. The van der Waals surface area contributed by atoms with E-state index >= 15 is 0 Å². The van der Waals surface area contributed by atoms with Gasteiger partial charge in [0.25, 0.3) is 5.91 Å². The van der Waals surface area contributed by atoms with E-state index in [4.69, 9.17) is 0 Å². The molecule has 3 nitrogen and oxygen atoms in total. The number of nitrogens with one attached hydrogen (secondary N) is 1. The summed E-state index contributed by atoms with van der Waals surface area (Å²) >= 11 is 0. The van der Waals surface area contributed by atoms with Crippen molar-refractivity contribution in [1.82, 2.24) is 5.32 Å². The van der Waals surface area contributed by atoms with Crippen LogP contribution in [0.4, 0.5) is 0 Å². The quantitative estimate of drug-likeness (QED) is 0.839. The molecule has 2 rings (SSSR count). The zero-order valence-corrected chi connectivity index (χ0v) is 9.27. The number of Topliss-reactive ketones (excluding diaryl/α,β-unsaturated/α-hetero) is 1. The van der Waals surface area contributed by atoms with Crippen LogP contribution in [0.15, 0.2) is 30.3 Å². The van der Waals surface area contributed by atoms with Gasteiger partial charge in [-0.15, -0.1) is 0 Å². The van der Waals surface area contributed by atoms with E-state index in [0.717, 1.165) is 12.8 Å². The second-order valence-electron chi connectivity index (χ2n) is 4.24. The molecule has 2 atom stereocenters. The van der Waals surface area contributed by atoms with Gasteiger partial charge in [-0.05, 0) is 31.9 Å². The van der Waals surface area contributed by atoms with Crippen molar-refractivity contribution in [3.05, 3.63) is 35.9 Å². The number of hydrogen-bond donors (Lipinski definition) is 1. The Kier molecular flexibility index (Phi) is 3.04. The summed E-state index contributed by atoms with van der Waals surface area (Å²) in [5, 5.41) is 2.90. The molecule has 0 saturated heterocycles. The molecule has 0 aliphatic heterocycles. The van der Waals surface area contributed by atoms with Gasteiger partial charge in [0.05, 0.1) is 0 Å². The Hall–Kier alpha value is -1.64. The third kappa shape index (κ3) is 2.13. The predicted octanol–water partition coefficient (Wildman–Crippen LogP) is 1.78. The summed E-state index contributed by atoms with van der Waals surface area (Å²) < 4.78 is 0. The van der Waals surface area contributed by atoms with E-state index in [2.05, 4.69) is 5.32 Å². The summed E-state index contributed by atoms with van der Waals surface area (Å²) in [6, 6.07) is 9.12. The highest BCUT2D eigenvalue weighted by molar-refractivity contribution is 5.95. The molecule has 0 aromatic heterocycles. The van der Waals surface area contributed by atoms with Gasteiger partial charge in [-0.3, -0.25) is 9.59 Å². The van der Waals surface area contributed by atoms with E-state index in [1.807, 2.05) is 18.2 Å². The van der Waals surface area contributed by atoms with Crippen molar-refractivity contribution in [3.8, 4) is 0 Å². The largest absolute Gasteiger partial charge is 0.349 e. The first kappa shape index (κ1) is 10.9. The minimum atomic E-state index is -0.0865. The number of carbonyl (C=O) groups excluding carboxylic acids is 2. The van der Waals surface area contributed by atoms with Crippen LogP contribution in [0.25, 0.3) is 0 Å². The van der Waals surface area contributed by atoms with Crippen molar-refractivity contribution in [2.45, 2.75) is 25.8 Å². The van der Waals surface area contributed by atoms with Crippen LogP contribution in [-0.4, -0.2) is 17.7 Å². The third-order valence-electron chi connectivity index (χ3n) is 3.15. The van der Waals surface area contributed by atoms with Crippen molar-refractivity contribution >= 4 is 11.7 Å². The Morgan fingerprint density at radius 3 is 2.38 bits per heavy atom. The maximum atomic E-state index is 11.8. The summed E-state index contributed by atoms with van der Waals surface area (Å²) in [6.07, 6.45) is 1.80. The maximum Gasteiger partial charge on any atom is 0.251 e. The molecule has 1 saturated carbocycles. The van der Waals surface area contributed by atoms with E-state index in [-0.39, 0.29) is 23.7 Å². The van der Waals surface area contributed by atoms with Crippen LogP contribution < -0.4 is 5.32 Å². The highest BCUT2D eigenvalue weighted by atomic mass is 16.2. The van der Waals surface area contributed by atoms with Crippen molar-refractivity contribution < 1.29 is 9.59 Å². The van der Waals surface area contributed by atoms with Crippen LogP contribution in [-0.2, 0) is 4.79 Å². The van der Waals surface area contributed by atoms with E-state index in [1.165, 1.54) is 0 Å². The SMILES string of the molecule is CC(=O)C1CCC1NC(=O)c1ccccc1. The fraction of sp³-hybridized carbons (Fsp3) is 0.385. The first-order valence-electron chi connectivity index (χ1n) is 5.55. The standard InChI is InChI=1S/C13H15NO2/c1-9(15)11-7-8-12(11)14-13(16)10-5-3-2-4-6-10/h2-6,11-12H,7-8H2,1H3,(H,14,16). The van der Waals surface area contributed by atoms with Gasteiger partial charge < -0.3 is 5.32 Å². The van der Waals surface area contributed by atoms with Crippen molar-refractivity contribution in [2.75, 3.05) is 0 Å². The lowest BCUT2D eigenvalue weighted by Gasteiger charge is -2.35. The Bertz CT molecular complexity index is 400. The minimum Gasteiger partial charge on any atom is -0.349 e. The molecule has 84 valence electrons. The van der Waals surface area contributed by atoms with Gasteiger partial charge in [0.15, 0.2) is 0 Å². The topological polar surface area (TPSA) is 46.2 Å². The highest BCUT2D eigenvalue weighted by Crippen LogP contribution is 2.28. The third-order valence-corrected chi connectivity index (χ3v) is 3.15. The summed E-state index contributed by atoms with van der Waals surface area (Å²) in [5.74, 6) is 0.105. The van der Waals surface area contributed by atoms with Gasteiger partial charge in [0.1, 0.15) is 5.78 Å². The Morgan fingerprint density at radius 2 is 1.88 bits per heavy atom. The minimum absolute atomic E-state index is 0.0210. The Morgan fingerprint density at radius 1 is 1.19 bits per heavy atom. The normalized spacial score (nSPS) is 23.3. The molecule has 0 radical (unpaired) electrons. The van der Waals surface area contributed by atoms with Gasteiger partial charge in [0, 0.05) is 17.5 Å². The molecule has 3 heteroatoms. The van der Waals surface area contributed by atoms with Crippen LogP contribution in [0.1, 0.15) is 30.1 Å². The average Bonchev–Trinajstić information content (AvgIpc) is 2.24. The number of carbonyl (C=O) groups is 2. The number of rotatable bonds is 3. The fourth-order valence-electron chi connectivity index (χ4n) is 2.00. The number of ketones is 1. The Labute approximate surface area is 94.9 Å². The van der Waals surface area contributed by atoms with Crippen molar-refractivity contribution in [3.63, 3.8) is 0 Å². The molecule has 16 heavy (non-hydrogen) atoms. The fourth-order valence-corrected chi connectivity index (χ4v) is 2.00. The van der Waals surface area contributed by atoms with E-state index in [0.29, 0.717) is 5.56 Å². The number of hydrogen-bond acceptors (Lipinski definition) is 2. The molecule has 1 N–H and O–H groups in total. The maximum absolute atomic E-state index is 11.8. The summed E-state index contributed by atoms with van der Waals surface area (Å²) in [7, 11) is 0. The molecule has 1 fully saturated rings. The molecule has 1 aromatic rings. The monoisotopic (exact) mass is 217 g/mol. The molecule has 2 unspecified atom stereocenters. The van der Waals surface area contributed by atoms with Crippen LogP contribution in [0.3, 0.4) is 0 Å². The highest BCUT2D eigenvalue weighted by Gasteiger charge is 2.35. The van der Waals surface area contributed by atoms with Gasteiger partial charge in [-0.25, -0.2) is 0 Å². The van der Waals surface area contributed by atoms with Gasteiger partial charge >= 0.3 is 0 Å². The van der Waals surface area contributed by atoms with Crippen LogP contribution in [0.2, 0.25) is 0 Å². The van der Waals surface area contributed by atoms with E-state index in [1.54, 1.807) is 19.1 Å². The first-order valence-corrected chi connectivity index (χ1v) is 5.55. The van der Waals surface area contributed by atoms with Gasteiger partial charge in [-0.1, -0.05) is 18.2 Å². The predicted molar refractivity (Wildman–Crippen MR) is 61.1 cm³/mol. The van der Waals surface area contributed by atoms with E-state index < -0.39 is 0 Å². The number of benzene rings is 1. The van der Waals surface area contributed by atoms with Gasteiger partial charge in [-0.2, -0.15) is 0 Å². The number of amides is 1. The molecular weight excluding hydrogens is 202 g/mol.